The second-order valence-corrected chi connectivity index (χ2v) is 5.97. The van der Waals surface area contributed by atoms with E-state index in [9.17, 15) is 4.79 Å². The average molecular weight is 316 g/mol. The molecule has 3 rings (SSSR count). The molecule has 0 radical (unpaired) electrons. The van der Waals surface area contributed by atoms with E-state index in [-0.39, 0.29) is 5.91 Å². The van der Waals surface area contributed by atoms with Gasteiger partial charge in [0.15, 0.2) is 0 Å². The quantitative estimate of drug-likeness (QED) is 0.841. The Bertz CT molecular complexity index is 550. The van der Waals surface area contributed by atoms with Crippen molar-refractivity contribution in [1.82, 2.24) is 15.3 Å². The number of rotatable bonds is 5. The van der Waals surface area contributed by atoms with Crippen LogP contribution < -0.4 is 10.2 Å². The summed E-state index contributed by atoms with van der Waals surface area (Å²) in [4.78, 5) is 22.8. The van der Waals surface area contributed by atoms with Crippen molar-refractivity contribution >= 4 is 11.7 Å². The summed E-state index contributed by atoms with van der Waals surface area (Å²) in [6.07, 6.45) is 11.4. The molecule has 0 bridgehead atoms. The van der Waals surface area contributed by atoms with Crippen molar-refractivity contribution in [1.29, 1.82) is 0 Å². The molecule has 1 fully saturated rings. The van der Waals surface area contributed by atoms with Gasteiger partial charge in [-0.05, 0) is 32.1 Å². The lowest BCUT2D eigenvalue weighted by Crippen LogP contribution is -2.37. The van der Waals surface area contributed by atoms with Gasteiger partial charge in [0.2, 0.25) is 0 Å². The highest BCUT2D eigenvalue weighted by Crippen LogP contribution is 2.19. The van der Waals surface area contributed by atoms with Gasteiger partial charge in [0.25, 0.3) is 5.91 Å². The van der Waals surface area contributed by atoms with E-state index in [2.05, 4.69) is 26.3 Å². The maximum atomic E-state index is 12.1. The number of allylic oxidation sites excluding steroid dienone is 1. The summed E-state index contributed by atoms with van der Waals surface area (Å²) in [6, 6.07) is 0. The van der Waals surface area contributed by atoms with Gasteiger partial charge in [0.05, 0.1) is 25.6 Å². The summed E-state index contributed by atoms with van der Waals surface area (Å²) in [5, 5.41) is 2.93. The van der Waals surface area contributed by atoms with Crippen LogP contribution in [0.15, 0.2) is 24.0 Å². The number of morpholine rings is 1. The zero-order chi connectivity index (χ0) is 15.9. The van der Waals surface area contributed by atoms with Crippen LogP contribution in [0.5, 0.6) is 0 Å². The van der Waals surface area contributed by atoms with Gasteiger partial charge in [-0.1, -0.05) is 11.6 Å². The van der Waals surface area contributed by atoms with Gasteiger partial charge in [0.1, 0.15) is 11.5 Å². The van der Waals surface area contributed by atoms with E-state index in [0.29, 0.717) is 25.5 Å². The molecule has 6 nitrogen and oxygen atoms in total. The van der Waals surface area contributed by atoms with E-state index >= 15 is 0 Å². The molecule has 1 aromatic heterocycles. The number of anilines is 1. The molecule has 1 saturated heterocycles. The molecule has 23 heavy (non-hydrogen) atoms. The Hall–Kier alpha value is -1.95. The smallest absolute Gasteiger partial charge is 0.271 e. The third-order valence-electron chi connectivity index (χ3n) is 4.32. The molecule has 0 unspecified atom stereocenters. The number of ether oxygens (including phenoxy) is 1. The summed E-state index contributed by atoms with van der Waals surface area (Å²) in [7, 11) is 0. The van der Waals surface area contributed by atoms with Crippen molar-refractivity contribution in [2.75, 3.05) is 37.7 Å². The van der Waals surface area contributed by atoms with Crippen LogP contribution in [0.3, 0.4) is 0 Å². The first kappa shape index (κ1) is 15.9. The second-order valence-electron chi connectivity index (χ2n) is 5.97. The van der Waals surface area contributed by atoms with Crippen LogP contribution in [-0.2, 0) is 4.74 Å². The van der Waals surface area contributed by atoms with Gasteiger partial charge in [-0.15, -0.1) is 0 Å². The van der Waals surface area contributed by atoms with Crippen molar-refractivity contribution < 1.29 is 9.53 Å². The summed E-state index contributed by atoms with van der Waals surface area (Å²) in [6.45, 7) is 3.71. The number of hydrogen-bond donors (Lipinski definition) is 1. The van der Waals surface area contributed by atoms with Crippen LogP contribution in [0, 0.1) is 0 Å². The van der Waals surface area contributed by atoms with Crippen molar-refractivity contribution in [2.45, 2.75) is 32.1 Å². The van der Waals surface area contributed by atoms with E-state index in [4.69, 9.17) is 4.74 Å². The van der Waals surface area contributed by atoms with Crippen molar-refractivity contribution in [3.8, 4) is 0 Å². The molecule has 0 saturated carbocycles. The molecule has 1 aromatic rings. The molecule has 0 spiro atoms. The van der Waals surface area contributed by atoms with Gasteiger partial charge >= 0.3 is 0 Å². The fraction of sp³-hybridized carbons (Fsp3) is 0.588. The maximum absolute atomic E-state index is 12.1. The van der Waals surface area contributed by atoms with Crippen molar-refractivity contribution in [3.05, 3.63) is 29.7 Å². The number of carbonyl (C=O) groups is 1. The van der Waals surface area contributed by atoms with E-state index in [1.165, 1.54) is 31.3 Å². The average Bonchev–Trinajstić information content (AvgIpc) is 2.63. The third kappa shape index (κ3) is 4.51. The molecule has 1 amide bonds. The highest BCUT2D eigenvalue weighted by Gasteiger charge is 2.14. The van der Waals surface area contributed by atoms with Gasteiger partial charge in [-0.3, -0.25) is 4.79 Å². The van der Waals surface area contributed by atoms with Crippen LogP contribution in [0.2, 0.25) is 0 Å². The predicted molar refractivity (Wildman–Crippen MR) is 88.6 cm³/mol. The Labute approximate surface area is 136 Å². The summed E-state index contributed by atoms with van der Waals surface area (Å²) in [5.41, 5.74) is 1.84. The van der Waals surface area contributed by atoms with Crippen LogP contribution in [0.4, 0.5) is 5.82 Å². The Morgan fingerprint density at radius 1 is 1.22 bits per heavy atom. The molecular formula is C17H24N4O2. The van der Waals surface area contributed by atoms with Gasteiger partial charge in [-0.2, -0.15) is 0 Å². The number of aromatic nitrogens is 2. The second kappa shape index (κ2) is 8.06. The Morgan fingerprint density at radius 2 is 2.09 bits per heavy atom. The summed E-state index contributed by atoms with van der Waals surface area (Å²) < 4.78 is 5.32. The molecule has 124 valence electrons. The molecule has 6 heteroatoms. The minimum atomic E-state index is -0.151. The number of nitrogens with one attached hydrogen (secondary N) is 1. The molecule has 2 aliphatic rings. The van der Waals surface area contributed by atoms with Crippen LogP contribution in [0.25, 0.3) is 0 Å². The molecule has 1 aliphatic heterocycles. The number of amides is 1. The minimum Gasteiger partial charge on any atom is -0.378 e. The lowest BCUT2D eigenvalue weighted by atomic mass is 9.97. The first-order valence-electron chi connectivity index (χ1n) is 8.44. The molecule has 0 aromatic carbocycles. The first-order valence-corrected chi connectivity index (χ1v) is 8.44. The molecule has 1 aliphatic carbocycles. The number of carbonyl (C=O) groups excluding carboxylic acids is 1. The topological polar surface area (TPSA) is 67.4 Å². The van der Waals surface area contributed by atoms with Gasteiger partial charge in [-0.25, -0.2) is 9.97 Å². The normalized spacial score (nSPS) is 18.4. The molecule has 1 N–H and O–H groups in total. The highest BCUT2D eigenvalue weighted by molar-refractivity contribution is 5.92. The number of nitrogens with zero attached hydrogens (tertiary/aromatic N) is 3. The van der Waals surface area contributed by atoms with Gasteiger partial charge in [0, 0.05) is 19.6 Å². The number of hydrogen-bond acceptors (Lipinski definition) is 5. The lowest BCUT2D eigenvalue weighted by Gasteiger charge is -2.27. The van der Waals surface area contributed by atoms with Gasteiger partial charge < -0.3 is 15.0 Å². The SMILES string of the molecule is O=C(NCCC1=CCCCC1)c1cnc(N2CCOCC2)cn1. The maximum Gasteiger partial charge on any atom is 0.271 e. The lowest BCUT2D eigenvalue weighted by molar-refractivity contribution is 0.0948. The monoisotopic (exact) mass is 316 g/mol. The van der Waals surface area contributed by atoms with E-state index in [1.807, 2.05) is 0 Å². The molecule has 0 atom stereocenters. The van der Waals surface area contributed by atoms with Crippen LogP contribution in [0.1, 0.15) is 42.6 Å². The van der Waals surface area contributed by atoms with E-state index in [0.717, 1.165) is 25.3 Å². The molecular weight excluding hydrogens is 292 g/mol. The first-order chi connectivity index (χ1) is 11.3. The third-order valence-corrected chi connectivity index (χ3v) is 4.32. The van der Waals surface area contributed by atoms with Crippen molar-refractivity contribution in [3.63, 3.8) is 0 Å². The fourth-order valence-electron chi connectivity index (χ4n) is 2.95. The summed E-state index contributed by atoms with van der Waals surface area (Å²) >= 11 is 0. The Balaban J connectivity index is 1.48. The zero-order valence-corrected chi connectivity index (χ0v) is 13.5. The Kier molecular flexibility index (Phi) is 5.58. The van der Waals surface area contributed by atoms with Crippen LogP contribution in [-0.4, -0.2) is 48.7 Å². The van der Waals surface area contributed by atoms with E-state index < -0.39 is 0 Å². The minimum absolute atomic E-state index is 0.151. The molecule has 2 heterocycles. The highest BCUT2D eigenvalue weighted by atomic mass is 16.5. The largest absolute Gasteiger partial charge is 0.378 e. The Morgan fingerprint density at radius 3 is 2.78 bits per heavy atom. The summed E-state index contributed by atoms with van der Waals surface area (Å²) in [5.74, 6) is 0.652. The fourth-order valence-corrected chi connectivity index (χ4v) is 2.95. The van der Waals surface area contributed by atoms with Crippen molar-refractivity contribution in [2.24, 2.45) is 0 Å². The predicted octanol–water partition coefficient (Wildman–Crippen LogP) is 1.93. The van der Waals surface area contributed by atoms with E-state index in [1.54, 1.807) is 12.4 Å². The zero-order valence-electron chi connectivity index (χ0n) is 13.5. The standard InChI is InChI=1S/C17H24N4O2/c22-17(18-7-6-14-4-2-1-3-5-14)15-12-20-16(13-19-15)21-8-10-23-11-9-21/h4,12-13H,1-3,5-11H2,(H,18,22). The van der Waals surface area contributed by atoms with Crippen LogP contribution >= 0.6 is 0 Å².